The van der Waals surface area contributed by atoms with E-state index in [9.17, 15) is 14.0 Å². The molecule has 0 saturated heterocycles. The first-order valence-corrected chi connectivity index (χ1v) is 5.79. The maximum absolute atomic E-state index is 12.3. The molecule has 0 atom stereocenters. The lowest BCUT2D eigenvalue weighted by Gasteiger charge is -2.10. The number of nitrogens with zero attached hydrogens (tertiary/aromatic N) is 2. The molecule has 0 amide bonds. The third-order valence-corrected chi connectivity index (χ3v) is 2.64. The highest BCUT2D eigenvalue weighted by atomic mass is 32.2. The monoisotopic (exact) mass is 285 g/mol. The van der Waals surface area contributed by atoms with Gasteiger partial charge in [-0.1, -0.05) is 0 Å². The number of hydrogen-bond donors (Lipinski definition) is 1. The average Bonchev–Trinajstić information content (AvgIpc) is 2.40. The molecule has 0 bridgehead atoms. The molecule has 1 rings (SSSR count). The van der Waals surface area contributed by atoms with E-state index in [0.717, 1.165) is 6.07 Å². The van der Waals surface area contributed by atoms with Crippen molar-refractivity contribution in [2.24, 2.45) is 10.7 Å². The molecule has 0 aliphatic rings. The van der Waals surface area contributed by atoms with E-state index in [0.29, 0.717) is 16.8 Å². The molecule has 0 aliphatic carbocycles. The SMILES string of the molecule is CN=C(/C(C)=C\N)c1ccc([N+](=O)[O-])cc1OSF. The van der Waals surface area contributed by atoms with Crippen molar-refractivity contribution >= 4 is 23.8 Å². The van der Waals surface area contributed by atoms with Gasteiger partial charge < -0.3 is 9.92 Å². The molecule has 0 heterocycles. The zero-order valence-electron chi connectivity index (χ0n) is 10.3. The van der Waals surface area contributed by atoms with E-state index in [1.165, 1.54) is 25.4 Å². The summed E-state index contributed by atoms with van der Waals surface area (Å²) in [4.78, 5) is 14.1. The molecule has 0 spiro atoms. The van der Waals surface area contributed by atoms with E-state index >= 15 is 0 Å². The van der Waals surface area contributed by atoms with Crippen molar-refractivity contribution < 1.29 is 13.0 Å². The minimum atomic E-state index is -0.589. The van der Waals surface area contributed by atoms with Gasteiger partial charge in [0, 0.05) is 18.7 Å². The van der Waals surface area contributed by atoms with Crippen molar-refractivity contribution in [1.82, 2.24) is 0 Å². The maximum atomic E-state index is 12.3. The third-order valence-electron chi connectivity index (χ3n) is 2.40. The highest BCUT2D eigenvalue weighted by Crippen LogP contribution is 2.29. The Hall–Kier alpha value is -2.09. The van der Waals surface area contributed by atoms with Crippen molar-refractivity contribution in [2.75, 3.05) is 7.05 Å². The quantitative estimate of drug-likeness (QED) is 0.389. The van der Waals surface area contributed by atoms with Crippen LogP contribution in [0.5, 0.6) is 5.75 Å². The summed E-state index contributed by atoms with van der Waals surface area (Å²) < 4.78 is 17.0. The van der Waals surface area contributed by atoms with Gasteiger partial charge in [0.2, 0.25) is 0 Å². The largest absolute Gasteiger partial charge is 0.404 e. The topological polar surface area (TPSA) is 90.8 Å². The normalized spacial score (nSPS) is 12.4. The van der Waals surface area contributed by atoms with Crippen molar-refractivity contribution in [3.63, 3.8) is 0 Å². The predicted octanol–water partition coefficient (Wildman–Crippen LogP) is 2.79. The molecule has 6 nitrogen and oxygen atoms in total. The lowest BCUT2D eigenvalue weighted by Crippen LogP contribution is -2.06. The summed E-state index contributed by atoms with van der Waals surface area (Å²) >= 11 is -0.392. The van der Waals surface area contributed by atoms with Crippen molar-refractivity contribution in [1.29, 1.82) is 0 Å². The summed E-state index contributed by atoms with van der Waals surface area (Å²) in [5.41, 5.74) is 6.77. The van der Waals surface area contributed by atoms with E-state index < -0.39 is 17.4 Å². The number of aliphatic imine (C=N–C) groups is 1. The predicted molar refractivity (Wildman–Crippen MR) is 72.8 cm³/mol. The van der Waals surface area contributed by atoms with Gasteiger partial charge in [-0.3, -0.25) is 15.1 Å². The Morgan fingerprint density at radius 3 is 2.79 bits per heavy atom. The standard InChI is InChI=1S/C11H12FN3O3S/c1-7(6-13)11(14-2)9-4-3-8(15(16)17)5-10(9)18-19-12/h3-6H,13H2,1-2H3/b7-6-,14-11?. The molecule has 102 valence electrons. The summed E-state index contributed by atoms with van der Waals surface area (Å²) in [7, 11) is 1.54. The molecule has 8 heteroatoms. The Bertz CT molecular complexity index is 546. The van der Waals surface area contributed by atoms with Gasteiger partial charge in [0.05, 0.1) is 16.7 Å². The highest BCUT2D eigenvalue weighted by molar-refractivity contribution is 7.89. The van der Waals surface area contributed by atoms with Crippen LogP contribution < -0.4 is 9.92 Å². The van der Waals surface area contributed by atoms with Gasteiger partial charge >= 0.3 is 0 Å². The summed E-state index contributed by atoms with van der Waals surface area (Å²) in [6.45, 7) is 1.72. The Kier molecular flexibility index (Phi) is 5.31. The highest BCUT2D eigenvalue weighted by Gasteiger charge is 2.17. The fourth-order valence-corrected chi connectivity index (χ4v) is 1.72. The lowest BCUT2D eigenvalue weighted by molar-refractivity contribution is -0.384. The van der Waals surface area contributed by atoms with Crippen LogP contribution in [0.15, 0.2) is 35.0 Å². The van der Waals surface area contributed by atoms with Crippen LogP contribution in [0.2, 0.25) is 0 Å². The minimum absolute atomic E-state index is 0.0171. The number of nitro groups is 1. The number of non-ortho nitro benzene ring substituents is 1. The molecule has 1 aromatic carbocycles. The van der Waals surface area contributed by atoms with Gasteiger partial charge in [-0.05, 0) is 24.8 Å². The van der Waals surface area contributed by atoms with E-state index in [-0.39, 0.29) is 11.4 Å². The molecule has 0 radical (unpaired) electrons. The van der Waals surface area contributed by atoms with Crippen LogP contribution in [-0.4, -0.2) is 17.7 Å². The third kappa shape index (κ3) is 3.44. The van der Waals surface area contributed by atoms with Gasteiger partial charge in [0.1, 0.15) is 0 Å². The van der Waals surface area contributed by atoms with Gasteiger partial charge in [-0.2, -0.15) is 0 Å². The minimum Gasteiger partial charge on any atom is -0.404 e. The van der Waals surface area contributed by atoms with Gasteiger partial charge in [0.25, 0.3) is 18.1 Å². The van der Waals surface area contributed by atoms with Crippen molar-refractivity contribution in [3.05, 3.63) is 45.6 Å². The molecule has 0 fully saturated rings. The van der Waals surface area contributed by atoms with Crippen LogP contribution in [0.3, 0.4) is 0 Å². The molecule has 1 aromatic rings. The molecular formula is C11H12FN3O3S. The lowest BCUT2D eigenvalue weighted by atomic mass is 10.0. The van der Waals surface area contributed by atoms with E-state index in [2.05, 4.69) is 4.99 Å². The molecule has 2 N–H and O–H groups in total. The number of halogens is 1. The second-order valence-corrected chi connectivity index (χ2v) is 3.80. The zero-order valence-corrected chi connectivity index (χ0v) is 11.1. The number of rotatable bonds is 5. The smallest absolute Gasteiger partial charge is 0.273 e. The zero-order chi connectivity index (χ0) is 14.4. The first kappa shape index (κ1) is 15.0. The molecular weight excluding hydrogens is 273 g/mol. The number of hydrogen-bond acceptors (Lipinski definition) is 6. The van der Waals surface area contributed by atoms with E-state index in [1.54, 1.807) is 6.92 Å². The van der Waals surface area contributed by atoms with E-state index in [4.69, 9.17) is 9.92 Å². The van der Waals surface area contributed by atoms with Crippen LogP contribution in [0.4, 0.5) is 9.57 Å². The molecule has 19 heavy (non-hydrogen) atoms. The number of nitro benzene ring substituents is 1. The number of allylic oxidation sites excluding steroid dienone is 1. The van der Waals surface area contributed by atoms with Gasteiger partial charge in [-0.25, -0.2) is 0 Å². The summed E-state index contributed by atoms with van der Waals surface area (Å²) in [6.07, 6.45) is 1.34. The summed E-state index contributed by atoms with van der Waals surface area (Å²) in [5.74, 6) is 0.0171. The summed E-state index contributed by atoms with van der Waals surface area (Å²) in [5, 5.41) is 10.7. The Balaban J connectivity index is 3.38. The van der Waals surface area contributed by atoms with Crippen LogP contribution in [0, 0.1) is 10.1 Å². The summed E-state index contributed by atoms with van der Waals surface area (Å²) in [6, 6.07) is 3.87. The molecule has 0 unspecified atom stereocenters. The van der Waals surface area contributed by atoms with Gasteiger partial charge in [0.15, 0.2) is 5.75 Å². The molecule has 0 saturated carbocycles. The van der Waals surface area contributed by atoms with Crippen LogP contribution in [0.1, 0.15) is 12.5 Å². The van der Waals surface area contributed by atoms with E-state index in [1.807, 2.05) is 0 Å². The maximum Gasteiger partial charge on any atom is 0.273 e. The molecule has 0 aliphatic heterocycles. The second kappa shape index (κ2) is 6.74. The van der Waals surface area contributed by atoms with Crippen molar-refractivity contribution in [2.45, 2.75) is 6.92 Å². The Morgan fingerprint density at radius 1 is 1.63 bits per heavy atom. The number of nitrogens with two attached hydrogens (primary N) is 1. The fourth-order valence-electron chi connectivity index (χ4n) is 1.51. The first-order chi connectivity index (χ1) is 9.04. The average molecular weight is 285 g/mol. The first-order valence-electron chi connectivity index (χ1n) is 5.14. The second-order valence-electron chi connectivity index (χ2n) is 3.51. The molecule has 0 aromatic heterocycles. The Morgan fingerprint density at radius 2 is 2.32 bits per heavy atom. The van der Waals surface area contributed by atoms with Crippen molar-refractivity contribution in [3.8, 4) is 5.75 Å². The van der Waals surface area contributed by atoms with Crippen LogP contribution in [-0.2, 0) is 0 Å². The van der Waals surface area contributed by atoms with Crippen LogP contribution in [0.25, 0.3) is 0 Å². The Labute approximate surface area is 113 Å². The van der Waals surface area contributed by atoms with Crippen LogP contribution >= 0.6 is 12.4 Å². The van der Waals surface area contributed by atoms with Gasteiger partial charge in [-0.15, -0.1) is 3.89 Å². The number of benzene rings is 1. The fraction of sp³-hybridized carbons (Fsp3) is 0.182.